The summed E-state index contributed by atoms with van der Waals surface area (Å²) in [5.74, 6) is 2.32. The van der Waals surface area contributed by atoms with E-state index in [1.165, 1.54) is 0 Å². The Morgan fingerprint density at radius 1 is 1.40 bits per heavy atom. The van der Waals surface area contributed by atoms with Crippen LogP contribution in [0.1, 0.15) is 17.3 Å². The number of nitrogens with zero attached hydrogens (tertiary/aromatic N) is 5. The molecule has 3 heterocycles. The standard InChI is InChI=1S/C12H15N7O/c1-8-15-10(18-17-8)6-13-12-5-9(7-20-2)16-11-3-4-14-19(11)12/h3-5,13H,6-7H2,1-2H3,(H,15,17,18). The Balaban J connectivity index is 1.87. The molecule has 0 saturated heterocycles. The molecule has 0 bridgehead atoms. The molecule has 8 nitrogen and oxygen atoms in total. The van der Waals surface area contributed by atoms with Gasteiger partial charge in [0.15, 0.2) is 11.5 Å². The van der Waals surface area contributed by atoms with Crippen molar-refractivity contribution in [2.75, 3.05) is 12.4 Å². The van der Waals surface area contributed by atoms with E-state index in [1.54, 1.807) is 17.8 Å². The van der Waals surface area contributed by atoms with Gasteiger partial charge in [-0.1, -0.05) is 0 Å². The maximum absolute atomic E-state index is 5.12. The van der Waals surface area contributed by atoms with Gasteiger partial charge in [0, 0.05) is 19.2 Å². The van der Waals surface area contributed by atoms with E-state index >= 15 is 0 Å². The summed E-state index contributed by atoms with van der Waals surface area (Å²) in [5, 5.41) is 14.4. The van der Waals surface area contributed by atoms with Crippen molar-refractivity contribution in [3.05, 3.63) is 35.7 Å². The third-order valence-electron chi connectivity index (χ3n) is 2.78. The molecule has 0 aliphatic rings. The molecule has 0 spiro atoms. The van der Waals surface area contributed by atoms with E-state index < -0.39 is 0 Å². The number of aromatic amines is 1. The molecule has 104 valence electrons. The average molecular weight is 273 g/mol. The van der Waals surface area contributed by atoms with Crippen LogP contribution in [0.5, 0.6) is 0 Å². The van der Waals surface area contributed by atoms with Gasteiger partial charge in [0.1, 0.15) is 11.6 Å². The van der Waals surface area contributed by atoms with Crippen LogP contribution < -0.4 is 5.32 Å². The number of aryl methyl sites for hydroxylation is 1. The van der Waals surface area contributed by atoms with E-state index in [1.807, 2.05) is 19.1 Å². The van der Waals surface area contributed by atoms with Crippen LogP contribution >= 0.6 is 0 Å². The number of methoxy groups -OCH3 is 1. The number of rotatable bonds is 5. The smallest absolute Gasteiger partial charge is 0.169 e. The fourth-order valence-corrected chi connectivity index (χ4v) is 1.95. The van der Waals surface area contributed by atoms with E-state index in [4.69, 9.17) is 4.74 Å². The molecule has 3 aromatic heterocycles. The van der Waals surface area contributed by atoms with Crippen LogP contribution in [0.3, 0.4) is 0 Å². The highest BCUT2D eigenvalue weighted by atomic mass is 16.5. The van der Waals surface area contributed by atoms with Gasteiger partial charge in [0.2, 0.25) is 0 Å². The number of aromatic nitrogens is 6. The maximum Gasteiger partial charge on any atom is 0.169 e. The van der Waals surface area contributed by atoms with Crippen molar-refractivity contribution in [1.82, 2.24) is 29.8 Å². The molecule has 0 atom stereocenters. The van der Waals surface area contributed by atoms with Crippen LogP contribution in [-0.2, 0) is 17.9 Å². The van der Waals surface area contributed by atoms with E-state index in [0.29, 0.717) is 19.0 Å². The minimum atomic E-state index is 0.454. The van der Waals surface area contributed by atoms with Crippen molar-refractivity contribution in [3.63, 3.8) is 0 Å². The zero-order valence-corrected chi connectivity index (χ0v) is 11.3. The van der Waals surface area contributed by atoms with E-state index in [9.17, 15) is 0 Å². The lowest BCUT2D eigenvalue weighted by molar-refractivity contribution is 0.181. The van der Waals surface area contributed by atoms with Crippen LogP contribution in [0.2, 0.25) is 0 Å². The second-order valence-electron chi connectivity index (χ2n) is 4.36. The summed E-state index contributed by atoms with van der Waals surface area (Å²) in [6.07, 6.45) is 1.71. The quantitative estimate of drug-likeness (QED) is 0.718. The lowest BCUT2D eigenvalue weighted by Gasteiger charge is -2.08. The van der Waals surface area contributed by atoms with Gasteiger partial charge in [-0.25, -0.2) is 9.97 Å². The van der Waals surface area contributed by atoms with Crippen LogP contribution in [-0.4, -0.2) is 36.9 Å². The highest BCUT2D eigenvalue weighted by molar-refractivity contribution is 5.49. The highest BCUT2D eigenvalue weighted by Gasteiger charge is 2.07. The van der Waals surface area contributed by atoms with Crippen molar-refractivity contribution in [3.8, 4) is 0 Å². The highest BCUT2D eigenvalue weighted by Crippen LogP contribution is 2.13. The Hall–Kier alpha value is -2.48. The molecule has 0 radical (unpaired) electrons. The molecule has 0 aliphatic carbocycles. The fourth-order valence-electron chi connectivity index (χ4n) is 1.95. The average Bonchev–Trinajstić information content (AvgIpc) is 3.05. The summed E-state index contributed by atoms with van der Waals surface area (Å²) in [5.41, 5.74) is 1.61. The van der Waals surface area contributed by atoms with Crippen molar-refractivity contribution in [2.24, 2.45) is 0 Å². The lowest BCUT2D eigenvalue weighted by Crippen LogP contribution is -2.08. The van der Waals surface area contributed by atoms with Crippen LogP contribution in [0.15, 0.2) is 18.3 Å². The number of fused-ring (bicyclic) bond motifs is 1. The summed E-state index contributed by atoms with van der Waals surface area (Å²) in [6, 6.07) is 3.75. The summed E-state index contributed by atoms with van der Waals surface area (Å²) in [7, 11) is 1.64. The van der Waals surface area contributed by atoms with Gasteiger partial charge in [0.05, 0.1) is 25.0 Å². The Morgan fingerprint density at radius 3 is 3.05 bits per heavy atom. The van der Waals surface area contributed by atoms with Gasteiger partial charge < -0.3 is 10.1 Å². The minimum absolute atomic E-state index is 0.454. The van der Waals surface area contributed by atoms with Gasteiger partial charge in [-0.05, 0) is 6.92 Å². The third kappa shape index (κ3) is 2.45. The molecule has 0 saturated carbocycles. The van der Waals surface area contributed by atoms with Crippen molar-refractivity contribution in [1.29, 1.82) is 0 Å². The zero-order valence-electron chi connectivity index (χ0n) is 11.3. The first-order valence-electron chi connectivity index (χ1n) is 6.20. The van der Waals surface area contributed by atoms with E-state index in [2.05, 4.69) is 30.6 Å². The first-order chi connectivity index (χ1) is 9.76. The Morgan fingerprint density at radius 2 is 2.30 bits per heavy atom. The summed E-state index contributed by atoms with van der Waals surface area (Å²) in [4.78, 5) is 8.70. The van der Waals surface area contributed by atoms with Crippen LogP contribution in [0.4, 0.5) is 5.82 Å². The largest absolute Gasteiger partial charge is 0.378 e. The SMILES string of the molecule is COCc1cc(NCc2n[nH]c(C)n2)n2nccc2n1. The van der Waals surface area contributed by atoms with Gasteiger partial charge in [-0.3, -0.25) is 5.10 Å². The Bertz CT molecular complexity index is 717. The van der Waals surface area contributed by atoms with E-state index in [0.717, 1.165) is 23.0 Å². The first-order valence-corrected chi connectivity index (χ1v) is 6.20. The van der Waals surface area contributed by atoms with Crippen molar-refractivity contribution in [2.45, 2.75) is 20.1 Å². The first kappa shape index (κ1) is 12.5. The fraction of sp³-hybridized carbons (Fsp3) is 0.333. The summed E-state index contributed by atoms with van der Waals surface area (Å²) >= 11 is 0. The van der Waals surface area contributed by atoms with Gasteiger partial charge in [-0.15, -0.1) is 0 Å². The second kappa shape index (κ2) is 5.25. The molecule has 3 aromatic rings. The lowest BCUT2D eigenvalue weighted by atomic mass is 10.4. The molecule has 20 heavy (non-hydrogen) atoms. The third-order valence-corrected chi connectivity index (χ3v) is 2.78. The van der Waals surface area contributed by atoms with Crippen molar-refractivity contribution < 1.29 is 4.74 Å². The monoisotopic (exact) mass is 273 g/mol. The molecule has 0 aromatic carbocycles. The topological polar surface area (TPSA) is 93.0 Å². The number of hydrogen-bond acceptors (Lipinski definition) is 6. The zero-order chi connectivity index (χ0) is 13.9. The molecule has 8 heteroatoms. The number of anilines is 1. The molecule has 0 aliphatic heterocycles. The summed E-state index contributed by atoms with van der Waals surface area (Å²) in [6.45, 7) is 2.83. The molecular weight excluding hydrogens is 258 g/mol. The molecule has 0 amide bonds. The molecule has 3 rings (SSSR count). The molecule has 0 fully saturated rings. The summed E-state index contributed by atoms with van der Waals surface area (Å²) < 4.78 is 6.86. The number of hydrogen-bond donors (Lipinski definition) is 2. The Labute approximate surface area is 115 Å². The second-order valence-corrected chi connectivity index (χ2v) is 4.36. The minimum Gasteiger partial charge on any atom is -0.378 e. The van der Waals surface area contributed by atoms with Crippen molar-refractivity contribution >= 4 is 11.5 Å². The maximum atomic E-state index is 5.12. The molecular formula is C12H15N7O. The van der Waals surface area contributed by atoms with Gasteiger partial charge in [0.25, 0.3) is 0 Å². The molecule has 0 unspecified atom stereocenters. The predicted molar refractivity (Wildman–Crippen MR) is 72.1 cm³/mol. The van der Waals surface area contributed by atoms with Gasteiger partial charge >= 0.3 is 0 Å². The normalized spacial score (nSPS) is 11.1. The predicted octanol–water partition coefficient (Wildman–Crippen LogP) is 0.914. The van der Waals surface area contributed by atoms with E-state index in [-0.39, 0.29) is 0 Å². The molecule has 2 N–H and O–H groups in total. The Kier molecular flexibility index (Phi) is 3.30. The number of nitrogens with one attached hydrogen (secondary N) is 2. The van der Waals surface area contributed by atoms with Crippen LogP contribution in [0.25, 0.3) is 5.65 Å². The van der Waals surface area contributed by atoms with Gasteiger partial charge in [-0.2, -0.15) is 14.7 Å². The van der Waals surface area contributed by atoms with Crippen LogP contribution in [0, 0.1) is 6.92 Å². The number of ether oxygens (including phenoxy) is 1. The number of H-pyrrole nitrogens is 1.